The van der Waals surface area contributed by atoms with E-state index in [2.05, 4.69) is 0 Å². The van der Waals surface area contributed by atoms with Gasteiger partial charge in [0.2, 0.25) is 0 Å². The Balaban J connectivity index is 2.64. The van der Waals surface area contributed by atoms with Crippen molar-refractivity contribution >= 4 is 0 Å². The summed E-state index contributed by atoms with van der Waals surface area (Å²) in [4.78, 5) is 0. The van der Waals surface area contributed by atoms with Gasteiger partial charge in [-0.15, -0.1) is 0 Å². The van der Waals surface area contributed by atoms with Crippen LogP contribution in [0.25, 0.3) is 11.1 Å². The van der Waals surface area contributed by atoms with Gasteiger partial charge in [-0.2, -0.15) is 0 Å². The van der Waals surface area contributed by atoms with E-state index in [1.165, 1.54) is 0 Å². The summed E-state index contributed by atoms with van der Waals surface area (Å²) in [5, 5.41) is 19.5. The molecule has 2 aromatic rings. The number of aryl methyl sites for hydroxylation is 1. The lowest BCUT2D eigenvalue weighted by atomic mass is 10.0. The third-order valence-electron chi connectivity index (χ3n) is 2.30. The minimum atomic E-state index is 0.110. The van der Waals surface area contributed by atoms with Gasteiger partial charge in [-0.05, 0) is 30.2 Å². The molecule has 0 aliphatic carbocycles. The van der Waals surface area contributed by atoms with Gasteiger partial charge in [0.1, 0.15) is 11.5 Å². The average Bonchev–Trinajstić information content (AvgIpc) is 2.17. The van der Waals surface area contributed by atoms with Crippen molar-refractivity contribution in [1.29, 1.82) is 0 Å². The van der Waals surface area contributed by atoms with Gasteiger partial charge in [0, 0.05) is 0 Å². The van der Waals surface area contributed by atoms with Crippen LogP contribution in [0.3, 0.4) is 0 Å². The Bertz CT molecular complexity index is 452. The van der Waals surface area contributed by atoms with Crippen molar-refractivity contribution in [3.63, 3.8) is 0 Å². The molecule has 0 fully saturated rings. The second kappa shape index (κ2) is 3.65. The molecule has 0 amide bonds. The molecular formula is C13H12O2. The minimum absolute atomic E-state index is 0.110. The molecule has 0 saturated heterocycles. The lowest BCUT2D eigenvalue weighted by Crippen LogP contribution is -1.82. The summed E-state index contributed by atoms with van der Waals surface area (Å²) in [6.45, 7) is 1.83. The number of hydrogen-bond acceptors (Lipinski definition) is 2. The zero-order valence-electron chi connectivity index (χ0n) is 8.44. The Labute approximate surface area is 88.4 Å². The smallest absolute Gasteiger partial charge is 0.127 e. The lowest BCUT2D eigenvalue weighted by molar-refractivity contribution is 0.453. The van der Waals surface area contributed by atoms with Crippen LogP contribution in [0.15, 0.2) is 42.5 Å². The standard InChI is InChI=1S/C13H12O2/c1-9-7-11(14)13(12(15)8-9)10-5-3-2-4-6-10/h2-8,14-15H,1H3. The van der Waals surface area contributed by atoms with Crippen LogP contribution in [0.2, 0.25) is 0 Å². The molecule has 0 spiro atoms. The minimum Gasteiger partial charge on any atom is -0.507 e. The van der Waals surface area contributed by atoms with Crippen molar-refractivity contribution in [1.82, 2.24) is 0 Å². The Morgan fingerprint density at radius 3 is 1.93 bits per heavy atom. The van der Waals surface area contributed by atoms with E-state index in [0.29, 0.717) is 5.56 Å². The molecule has 0 bridgehead atoms. The average molecular weight is 200 g/mol. The predicted octanol–water partition coefficient (Wildman–Crippen LogP) is 3.07. The first kappa shape index (κ1) is 9.59. The van der Waals surface area contributed by atoms with Crippen LogP contribution >= 0.6 is 0 Å². The molecule has 76 valence electrons. The first-order valence-electron chi connectivity index (χ1n) is 4.76. The topological polar surface area (TPSA) is 40.5 Å². The molecule has 0 radical (unpaired) electrons. The fourth-order valence-corrected chi connectivity index (χ4v) is 1.65. The maximum absolute atomic E-state index is 9.77. The van der Waals surface area contributed by atoms with Crippen LogP contribution < -0.4 is 0 Å². The van der Waals surface area contributed by atoms with Gasteiger partial charge in [-0.25, -0.2) is 0 Å². The van der Waals surface area contributed by atoms with Crippen molar-refractivity contribution in [2.45, 2.75) is 6.92 Å². The summed E-state index contributed by atoms with van der Waals surface area (Å²) in [5.41, 5.74) is 2.14. The Morgan fingerprint density at radius 1 is 0.867 bits per heavy atom. The van der Waals surface area contributed by atoms with Crippen molar-refractivity contribution in [2.24, 2.45) is 0 Å². The quantitative estimate of drug-likeness (QED) is 0.742. The van der Waals surface area contributed by atoms with Crippen LogP contribution in [0.5, 0.6) is 11.5 Å². The summed E-state index contributed by atoms with van der Waals surface area (Å²) in [6, 6.07) is 12.6. The summed E-state index contributed by atoms with van der Waals surface area (Å²) in [6.07, 6.45) is 0. The molecule has 0 atom stereocenters. The van der Waals surface area contributed by atoms with Gasteiger partial charge in [0.25, 0.3) is 0 Å². The molecule has 0 aromatic heterocycles. The lowest BCUT2D eigenvalue weighted by Gasteiger charge is -2.08. The van der Waals surface area contributed by atoms with Crippen LogP contribution in [0, 0.1) is 6.92 Å². The molecule has 2 N–H and O–H groups in total. The predicted molar refractivity (Wildman–Crippen MR) is 59.9 cm³/mol. The van der Waals surface area contributed by atoms with E-state index in [1.54, 1.807) is 12.1 Å². The second-order valence-corrected chi connectivity index (χ2v) is 3.54. The van der Waals surface area contributed by atoms with Crippen molar-refractivity contribution in [3.05, 3.63) is 48.0 Å². The van der Waals surface area contributed by atoms with E-state index in [1.807, 2.05) is 37.3 Å². The molecule has 2 heteroatoms. The van der Waals surface area contributed by atoms with E-state index in [-0.39, 0.29) is 11.5 Å². The molecule has 2 rings (SSSR count). The van der Waals surface area contributed by atoms with Crippen molar-refractivity contribution in [3.8, 4) is 22.6 Å². The Hall–Kier alpha value is -1.96. The summed E-state index contributed by atoms with van der Waals surface area (Å²) in [5.74, 6) is 0.220. The van der Waals surface area contributed by atoms with E-state index in [4.69, 9.17) is 0 Å². The van der Waals surface area contributed by atoms with E-state index in [0.717, 1.165) is 11.1 Å². The number of benzene rings is 2. The molecule has 0 unspecified atom stereocenters. The fraction of sp³-hybridized carbons (Fsp3) is 0.0769. The maximum Gasteiger partial charge on any atom is 0.127 e. The monoisotopic (exact) mass is 200 g/mol. The highest BCUT2D eigenvalue weighted by atomic mass is 16.3. The Kier molecular flexibility index (Phi) is 2.34. The zero-order chi connectivity index (χ0) is 10.8. The first-order valence-corrected chi connectivity index (χ1v) is 4.76. The van der Waals surface area contributed by atoms with Crippen LogP contribution in [-0.2, 0) is 0 Å². The molecule has 0 aliphatic heterocycles. The number of aromatic hydroxyl groups is 2. The molecule has 15 heavy (non-hydrogen) atoms. The number of hydrogen-bond donors (Lipinski definition) is 2. The van der Waals surface area contributed by atoms with Crippen LogP contribution in [-0.4, -0.2) is 10.2 Å². The Morgan fingerprint density at radius 2 is 1.40 bits per heavy atom. The second-order valence-electron chi connectivity index (χ2n) is 3.54. The van der Waals surface area contributed by atoms with Crippen molar-refractivity contribution < 1.29 is 10.2 Å². The number of phenolic OH excluding ortho intramolecular Hbond substituents is 2. The van der Waals surface area contributed by atoms with E-state index < -0.39 is 0 Å². The summed E-state index contributed by atoms with van der Waals surface area (Å²) >= 11 is 0. The fourth-order valence-electron chi connectivity index (χ4n) is 1.65. The van der Waals surface area contributed by atoms with E-state index in [9.17, 15) is 10.2 Å². The molecule has 0 aliphatic rings. The van der Waals surface area contributed by atoms with Crippen LogP contribution in [0.4, 0.5) is 0 Å². The molecule has 0 saturated carbocycles. The maximum atomic E-state index is 9.77. The summed E-state index contributed by atoms with van der Waals surface area (Å²) in [7, 11) is 0. The normalized spacial score (nSPS) is 10.2. The molecular weight excluding hydrogens is 188 g/mol. The van der Waals surface area contributed by atoms with Gasteiger partial charge < -0.3 is 10.2 Å². The molecule has 0 heterocycles. The summed E-state index contributed by atoms with van der Waals surface area (Å²) < 4.78 is 0. The SMILES string of the molecule is Cc1cc(O)c(-c2ccccc2)c(O)c1. The third-order valence-corrected chi connectivity index (χ3v) is 2.30. The van der Waals surface area contributed by atoms with Crippen molar-refractivity contribution in [2.75, 3.05) is 0 Å². The van der Waals surface area contributed by atoms with Crippen LogP contribution in [0.1, 0.15) is 5.56 Å². The van der Waals surface area contributed by atoms with Gasteiger partial charge in [0.15, 0.2) is 0 Å². The first-order chi connectivity index (χ1) is 7.18. The molecule has 2 aromatic carbocycles. The van der Waals surface area contributed by atoms with Gasteiger partial charge in [-0.1, -0.05) is 30.3 Å². The highest BCUT2D eigenvalue weighted by Crippen LogP contribution is 2.37. The van der Waals surface area contributed by atoms with E-state index >= 15 is 0 Å². The van der Waals surface area contributed by atoms with Gasteiger partial charge in [0.05, 0.1) is 5.56 Å². The number of phenols is 2. The number of rotatable bonds is 1. The molecule has 2 nitrogen and oxygen atoms in total. The largest absolute Gasteiger partial charge is 0.507 e. The highest BCUT2D eigenvalue weighted by molar-refractivity contribution is 5.76. The third kappa shape index (κ3) is 1.79. The zero-order valence-corrected chi connectivity index (χ0v) is 8.44. The highest BCUT2D eigenvalue weighted by Gasteiger charge is 2.09. The van der Waals surface area contributed by atoms with Gasteiger partial charge in [-0.3, -0.25) is 0 Å². The van der Waals surface area contributed by atoms with Gasteiger partial charge >= 0.3 is 0 Å².